The molecule has 4 bridgehead atoms. The second kappa shape index (κ2) is 4.62. The highest BCUT2D eigenvalue weighted by Gasteiger charge is 2.67. The van der Waals surface area contributed by atoms with E-state index in [4.69, 9.17) is 0 Å². The maximum absolute atomic E-state index is 14.3. The first-order valence-corrected chi connectivity index (χ1v) is 9.65. The van der Waals surface area contributed by atoms with Crippen LogP contribution in [0.25, 0.3) is 0 Å². The third-order valence-corrected chi connectivity index (χ3v) is 8.41. The summed E-state index contributed by atoms with van der Waals surface area (Å²) in [7, 11) is -6.10. The number of hydrogen-bond donors (Lipinski definition) is 0. The Morgan fingerprint density at radius 3 is 2.09 bits per heavy atom. The zero-order valence-corrected chi connectivity index (χ0v) is 13.2. The van der Waals surface area contributed by atoms with Crippen LogP contribution in [0.5, 0.6) is 0 Å². The van der Waals surface area contributed by atoms with Crippen LogP contribution in [0.1, 0.15) is 38.5 Å². The Bertz CT molecular complexity index is 619. The molecule has 8 heteroatoms. The smallest absolute Gasteiger partial charge is 0.436 e. The lowest BCUT2D eigenvalue weighted by Gasteiger charge is -2.41. The molecular weight excluding hydrogens is 336 g/mol. The SMILES string of the molecule is O=S(=O)([O-])C(F)(CC1CC2CC1C1C3CCC(C3)C21)C(F)(F)F. The predicted molar refractivity (Wildman–Crippen MR) is 71.7 cm³/mol. The van der Waals surface area contributed by atoms with Gasteiger partial charge in [0.2, 0.25) is 0 Å². The van der Waals surface area contributed by atoms with Gasteiger partial charge in [0, 0.05) is 6.42 Å². The lowest BCUT2D eigenvalue weighted by molar-refractivity contribution is -0.206. The molecule has 0 aromatic carbocycles. The van der Waals surface area contributed by atoms with Gasteiger partial charge in [0.05, 0.1) is 0 Å². The van der Waals surface area contributed by atoms with Crippen molar-refractivity contribution in [3.8, 4) is 0 Å². The van der Waals surface area contributed by atoms with Gasteiger partial charge in [-0.3, -0.25) is 0 Å². The van der Waals surface area contributed by atoms with E-state index in [9.17, 15) is 30.5 Å². The summed E-state index contributed by atoms with van der Waals surface area (Å²) in [6, 6.07) is 0. The van der Waals surface area contributed by atoms with Crippen LogP contribution in [0.3, 0.4) is 0 Å². The Labute approximate surface area is 132 Å². The number of hydrogen-bond acceptors (Lipinski definition) is 3. The Kier molecular flexibility index (Phi) is 3.24. The van der Waals surface area contributed by atoms with Gasteiger partial charge in [-0.05, 0) is 73.5 Å². The molecule has 0 radical (unpaired) electrons. The molecule has 4 aliphatic rings. The third kappa shape index (κ3) is 2.06. The van der Waals surface area contributed by atoms with E-state index in [0.29, 0.717) is 30.1 Å². The molecule has 0 saturated heterocycles. The van der Waals surface area contributed by atoms with Crippen molar-refractivity contribution in [2.24, 2.45) is 41.4 Å². The molecular formula is C15H19F4O3S-. The molecule has 8 atom stereocenters. The van der Waals surface area contributed by atoms with Gasteiger partial charge in [-0.15, -0.1) is 0 Å². The van der Waals surface area contributed by atoms with Crippen LogP contribution < -0.4 is 0 Å². The number of alkyl halides is 4. The summed E-state index contributed by atoms with van der Waals surface area (Å²) >= 11 is 0. The number of fused-ring (bicyclic) bond motifs is 9. The summed E-state index contributed by atoms with van der Waals surface area (Å²) in [5.74, 6) is 1.63. The van der Waals surface area contributed by atoms with Crippen molar-refractivity contribution in [3.05, 3.63) is 0 Å². The third-order valence-electron chi connectivity index (χ3n) is 7.22. The van der Waals surface area contributed by atoms with E-state index in [1.165, 1.54) is 6.42 Å². The summed E-state index contributed by atoms with van der Waals surface area (Å²) in [6.45, 7) is 0. The second-order valence-corrected chi connectivity index (χ2v) is 9.58. The zero-order chi connectivity index (χ0) is 16.8. The van der Waals surface area contributed by atoms with Gasteiger partial charge in [-0.1, -0.05) is 0 Å². The second-order valence-electron chi connectivity index (χ2n) is 8.03. The van der Waals surface area contributed by atoms with Gasteiger partial charge in [-0.2, -0.15) is 13.2 Å². The summed E-state index contributed by atoms with van der Waals surface area (Å²) in [5, 5.41) is -4.65. The van der Waals surface area contributed by atoms with E-state index in [-0.39, 0.29) is 11.8 Å². The average Bonchev–Trinajstić information content (AvgIpc) is 3.14. The van der Waals surface area contributed by atoms with Crippen LogP contribution in [0.15, 0.2) is 0 Å². The van der Waals surface area contributed by atoms with Crippen molar-refractivity contribution in [1.29, 1.82) is 0 Å². The van der Waals surface area contributed by atoms with Crippen LogP contribution in [0.4, 0.5) is 17.6 Å². The van der Waals surface area contributed by atoms with E-state index in [2.05, 4.69) is 0 Å². The molecule has 4 aliphatic carbocycles. The summed E-state index contributed by atoms with van der Waals surface area (Å²) in [5.41, 5.74) is 0. The van der Waals surface area contributed by atoms with Crippen LogP contribution in [-0.4, -0.2) is 24.1 Å². The molecule has 0 aromatic rings. The van der Waals surface area contributed by atoms with Gasteiger partial charge < -0.3 is 4.55 Å². The Morgan fingerprint density at radius 1 is 0.913 bits per heavy atom. The molecule has 132 valence electrons. The van der Waals surface area contributed by atoms with Crippen LogP contribution >= 0.6 is 0 Å². The lowest BCUT2D eigenvalue weighted by atomic mass is 9.66. The van der Waals surface area contributed by atoms with Gasteiger partial charge in [-0.25, -0.2) is 12.8 Å². The molecule has 0 aliphatic heterocycles. The zero-order valence-electron chi connectivity index (χ0n) is 12.4. The minimum Gasteiger partial charge on any atom is -0.745 e. The first-order chi connectivity index (χ1) is 10.5. The Balaban J connectivity index is 1.59. The average molecular weight is 355 g/mol. The largest absolute Gasteiger partial charge is 0.745 e. The molecule has 4 saturated carbocycles. The summed E-state index contributed by atoms with van der Waals surface area (Å²) in [6.07, 6.45) is -2.29. The minimum absolute atomic E-state index is 0.0421. The quantitative estimate of drug-likeness (QED) is 0.442. The van der Waals surface area contributed by atoms with Gasteiger partial charge in [0.25, 0.3) is 5.00 Å². The molecule has 0 heterocycles. The van der Waals surface area contributed by atoms with Crippen molar-refractivity contribution in [2.75, 3.05) is 0 Å². The van der Waals surface area contributed by atoms with Gasteiger partial charge in [0.1, 0.15) is 10.1 Å². The van der Waals surface area contributed by atoms with E-state index in [1.54, 1.807) is 0 Å². The lowest BCUT2D eigenvalue weighted by Crippen LogP contribution is -2.50. The highest BCUT2D eigenvalue weighted by Crippen LogP contribution is 2.70. The maximum atomic E-state index is 14.3. The van der Waals surface area contributed by atoms with E-state index < -0.39 is 33.6 Å². The van der Waals surface area contributed by atoms with Crippen molar-refractivity contribution < 1.29 is 30.5 Å². The molecule has 0 amide bonds. The first-order valence-electron chi connectivity index (χ1n) is 8.24. The van der Waals surface area contributed by atoms with Crippen molar-refractivity contribution in [3.63, 3.8) is 0 Å². The monoisotopic (exact) mass is 355 g/mol. The molecule has 0 spiro atoms. The fourth-order valence-electron chi connectivity index (χ4n) is 6.63. The van der Waals surface area contributed by atoms with Gasteiger partial charge >= 0.3 is 6.18 Å². The van der Waals surface area contributed by atoms with Gasteiger partial charge in [0.15, 0.2) is 0 Å². The predicted octanol–water partition coefficient (Wildman–Crippen LogP) is 3.47. The summed E-state index contributed by atoms with van der Waals surface area (Å²) in [4.78, 5) is 0. The van der Waals surface area contributed by atoms with Crippen LogP contribution in [0.2, 0.25) is 0 Å². The molecule has 4 fully saturated rings. The topological polar surface area (TPSA) is 57.2 Å². The normalized spacial score (nSPS) is 47.8. The molecule has 0 aromatic heterocycles. The van der Waals surface area contributed by atoms with E-state index in [1.807, 2.05) is 0 Å². The highest BCUT2D eigenvalue weighted by atomic mass is 32.2. The van der Waals surface area contributed by atoms with Crippen molar-refractivity contribution in [2.45, 2.75) is 49.7 Å². The standard InChI is InChI=1S/C15H20F4O3S/c16-14(15(17,18)19,23(20,21)22)6-10-4-9-5-11(10)13-8-2-1-7(3-8)12(9)13/h7-13H,1-6H2,(H,20,21,22)/p-1. The molecule has 23 heavy (non-hydrogen) atoms. The van der Waals surface area contributed by atoms with Crippen molar-refractivity contribution in [1.82, 2.24) is 0 Å². The Morgan fingerprint density at radius 2 is 1.52 bits per heavy atom. The minimum atomic E-state index is -6.10. The van der Waals surface area contributed by atoms with Crippen molar-refractivity contribution >= 4 is 10.1 Å². The Hall–Kier alpha value is -0.370. The molecule has 0 N–H and O–H groups in total. The maximum Gasteiger partial charge on any atom is 0.436 e. The summed E-state index contributed by atoms with van der Waals surface area (Å²) < 4.78 is 86.2. The molecule has 4 rings (SSSR count). The fraction of sp³-hybridized carbons (Fsp3) is 1.00. The molecule has 8 unspecified atom stereocenters. The van der Waals surface area contributed by atoms with E-state index >= 15 is 0 Å². The van der Waals surface area contributed by atoms with Crippen LogP contribution in [0, 0.1) is 41.4 Å². The number of rotatable bonds is 3. The molecule has 3 nitrogen and oxygen atoms in total. The fourth-order valence-corrected chi connectivity index (χ4v) is 7.34. The number of halogens is 4. The first kappa shape index (κ1) is 16.1. The highest BCUT2D eigenvalue weighted by molar-refractivity contribution is 7.87. The van der Waals surface area contributed by atoms with Crippen LogP contribution in [-0.2, 0) is 10.1 Å². The van der Waals surface area contributed by atoms with E-state index in [0.717, 1.165) is 19.3 Å².